The molecular formula is C2H10CaO5S. The van der Waals surface area contributed by atoms with Crippen molar-refractivity contribution < 1.29 is 26.3 Å². The molecule has 0 unspecified atom stereocenters. The number of hydrogen-bond donors (Lipinski definition) is 2. The van der Waals surface area contributed by atoms with Crippen molar-refractivity contribution in [3.05, 3.63) is 0 Å². The molecule has 0 amide bonds. The van der Waals surface area contributed by atoms with E-state index in [0.717, 1.165) is 0 Å². The molecule has 9 heavy (non-hydrogen) atoms. The summed E-state index contributed by atoms with van der Waals surface area (Å²) in [4.78, 5) is 9.29. The van der Waals surface area contributed by atoms with Crippen LogP contribution in [0.4, 0.5) is 0 Å². The SMILES string of the molecule is O.O.O.O=C(O)CS.[Ca]. The van der Waals surface area contributed by atoms with Gasteiger partial charge in [-0.05, 0) is 0 Å². The van der Waals surface area contributed by atoms with E-state index >= 15 is 0 Å². The molecule has 0 aliphatic carbocycles. The Kier molecular flexibility index (Phi) is 83.3. The molecule has 0 aromatic rings. The Bertz CT molecular complexity index is 50.2. The van der Waals surface area contributed by atoms with Gasteiger partial charge in [0.2, 0.25) is 0 Å². The number of carboxylic acids is 1. The Morgan fingerprint density at radius 3 is 1.44 bits per heavy atom. The Morgan fingerprint density at radius 1 is 1.33 bits per heavy atom. The number of rotatable bonds is 1. The van der Waals surface area contributed by atoms with Gasteiger partial charge in [0.15, 0.2) is 0 Å². The smallest absolute Gasteiger partial charge is 0.313 e. The minimum atomic E-state index is -0.881. The summed E-state index contributed by atoms with van der Waals surface area (Å²) < 4.78 is 0. The standard InChI is InChI=1S/C2H4O2S.Ca.3H2O/c3-2(4)1-5;;;;/h5H,1H2,(H,3,4);;3*1H2. The first-order valence-electron chi connectivity index (χ1n) is 1.10. The van der Waals surface area contributed by atoms with E-state index in [1.165, 1.54) is 0 Å². The third kappa shape index (κ3) is 49.5. The van der Waals surface area contributed by atoms with Crippen LogP contribution in [0.25, 0.3) is 0 Å². The molecule has 5 nitrogen and oxygen atoms in total. The third-order valence-corrected chi connectivity index (χ3v) is 0.406. The molecule has 0 aromatic heterocycles. The van der Waals surface area contributed by atoms with Gasteiger partial charge in [0.05, 0.1) is 5.75 Å². The van der Waals surface area contributed by atoms with Crippen molar-refractivity contribution in [2.24, 2.45) is 0 Å². The van der Waals surface area contributed by atoms with Crippen LogP contribution in [0.1, 0.15) is 0 Å². The summed E-state index contributed by atoms with van der Waals surface area (Å²) in [6.45, 7) is 0. The molecule has 0 saturated carbocycles. The van der Waals surface area contributed by atoms with Crippen LogP contribution in [-0.2, 0) is 4.79 Å². The zero-order valence-electron chi connectivity index (χ0n) is 4.72. The number of aliphatic carboxylic acids is 1. The molecule has 0 fully saturated rings. The summed E-state index contributed by atoms with van der Waals surface area (Å²) in [5.41, 5.74) is 0. The van der Waals surface area contributed by atoms with Crippen LogP contribution >= 0.6 is 12.6 Å². The molecule has 0 heterocycles. The van der Waals surface area contributed by atoms with E-state index in [1.807, 2.05) is 0 Å². The first kappa shape index (κ1) is 32.5. The molecule has 2 radical (unpaired) electrons. The summed E-state index contributed by atoms with van der Waals surface area (Å²) in [7, 11) is 0. The summed E-state index contributed by atoms with van der Waals surface area (Å²) in [5.74, 6) is -0.965. The van der Waals surface area contributed by atoms with Crippen molar-refractivity contribution in [1.29, 1.82) is 0 Å². The van der Waals surface area contributed by atoms with E-state index in [2.05, 4.69) is 12.6 Å². The number of thiol groups is 1. The van der Waals surface area contributed by atoms with Gasteiger partial charge in [-0.15, -0.1) is 0 Å². The molecule has 0 spiro atoms. The van der Waals surface area contributed by atoms with E-state index in [9.17, 15) is 4.79 Å². The Labute approximate surface area is 87.8 Å². The fourth-order valence-electron chi connectivity index (χ4n) is 0. The van der Waals surface area contributed by atoms with Crippen LogP contribution < -0.4 is 0 Å². The van der Waals surface area contributed by atoms with Gasteiger partial charge in [0.1, 0.15) is 0 Å². The zero-order chi connectivity index (χ0) is 4.28. The maximum Gasteiger partial charge on any atom is 0.313 e. The second-order valence-electron chi connectivity index (χ2n) is 0.552. The largest absolute Gasteiger partial charge is 0.481 e. The Morgan fingerprint density at radius 2 is 1.44 bits per heavy atom. The van der Waals surface area contributed by atoms with Gasteiger partial charge in [-0.25, -0.2) is 0 Å². The Balaban J connectivity index is -0.0000000133. The van der Waals surface area contributed by atoms with E-state index in [4.69, 9.17) is 5.11 Å². The summed E-state index contributed by atoms with van der Waals surface area (Å²) >= 11 is 3.42. The predicted octanol–water partition coefficient (Wildman–Crippen LogP) is -2.85. The van der Waals surface area contributed by atoms with Crippen LogP contribution in [0.5, 0.6) is 0 Å². The first-order chi connectivity index (χ1) is 2.27. The third-order valence-electron chi connectivity index (χ3n) is 0.135. The molecule has 0 atom stereocenters. The fourth-order valence-corrected chi connectivity index (χ4v) is 0. The topological polar surface area (TPSA) is 132 Å². The van der Waals surface area contributed by atoms with Crippen molar-refractivity contribution in [3.63, 3.8) is 0 Å². The van der Waals surface area contributed by atoms with Crippen LogP contribution in [0.2, 0.25) is 0 Å². The minimum Gasteiger partial charge on any atom is -0.481 e. The molecule has 0 rings (SSSR count). The van der Waals surface area contributed by atoms with Crippen molar-refractivity contribution in [3.8, 4) is 0 Å². The number of hydrogen-bond acceptors (Lipinski definition) is 2. The number of carbonyl (C=O) groups is 1. The van der Waals surface area contributed by atoms with Crippen molar-refractivity contribution in [2.75, 3.05) is 5.75 Å². The van der Waals surface area contributed by atoms with Crippen molar-refractivity contribution in [1.82, 2.24) is 0 Å². The van der Waals surface area contributed by atoms with Crippen LogP contribution in [0, 0.1) is 0 Å². The molecule has 0 bridgehead atoms. The molecule has 0 saturated heterocycles. The van der Waals surface area contributed by atoms with Crippen molar-refractivity contribution >= 4 is 56.3 Å². The van der Waals surface area contributed by atoms with Crippen LogP contribution in [0.15, 0.2) is 0 Å². The maximum atomic E-state index is 9.29. The van der Waals surface area contributed by atoms with Crippen LogP contribution in [0.3, 0.4) is 0 Å². The summed E-state index contributed by atoms with van der Waals surface area (Å²) in [6, 6.07) is 0. The molecule has 7 N–H and O–H groups in total. The maximum absolute atomic E-state index is 9.29. The average molecular weight is 186 g/mol. The first-order valence-corrected chi connectivity index (χ1v) is 1.73. The fraction of sp³-hybridized carbons (Fsp3) is 0.500. The van der Waals surface area contributed by atoms with Crippen molar-refractivity contribution in [2.45, 2.75) is 0 Å². The second kappa shape index (κ2) is 23.1. The Hall–Kier alpha value is 0.960. The van der Waals surface area contributed by atoms with Gasteiger partial charge in [-0.2, -0.15) is 12.6 Å². The van der Waals surface area contributed by atoms with E-state index in [-0.39, 0.29) is 59.9 Å². The van der Waals surface area contributed by atoms with Gasteiger partial charge in [-0.1, -0.05) is 0 Å². The molecule has 56 valence electrons. The summed E-state index contributed by atoms with van der Waals surface area (Å²) in [6.07, 6.45) is 0. The van der Waals surface area contributed by atoms with Gasteiger partial charge in [0.25, 0.3) is 0 Å². The molecule has 0 aliphatic rings. The molecule has 7 heteroatoms. The van der Waals surface area contributed by atoms with Crippen LogP contribution in [-0.4, -0.2) is 71.0 Å². The monoisotopic (exact) mass is 186 g/mol. The summed E-state index contributed by atoms with van der Waals surface area (Å²) in [5, 5.41) is 7.65. The molecular weight excluding hydrogens is 176 g/mol. The second-order valence-corrected chi connectivity index (χ2v) is 0.868. The number of carboxylic acid groups (broad SMARTS) is 1. The van der Waals surface area contributed by atoms with Gasteiger partial charge < -0.3 is 21.5 Å². The van der Waals surface area contributed by atoms with E-state index < -0.39 is 5.97 Å². The minimum absolute atomic E-state index is 0. The van der Waals surface area contributed by atoms with Gasteiger partial charge in [-0.3, -0.25) is 4.79 Å². The molecule has 0 aromatic carbocycles. The van der Waals surface area contributed by atoms with Gasteiger partial charge >= 0.3 is 5.97 Å². The van der Waals surface area contributed by atoms with E-state index in [0.29, 0.717) is 0 Å². The zero-order valence-corrected chi connectivity index (χ0v) is 7.82. The average Bonchev–Trinajstić information content (AvgIpc) is 1.38. The van der Waals surface area contributed by atoms with E-state index in [1.54, 1.807) is 0 Å². The normalized spacial score (nSPS) is 4.11. The molecule has 0 aliphatic heterocycles. The predicted molar refractivity (Wildman–Crippen MR) is 38.1 cm³/mol. The quantitative estimate of drug-likeness (QED) is 0.337. The van der Waals surface area contributed by atoms with Gasteiger partial charge in [0, 0.05) is 37.7 Å².